The average molecular weight is 313 g/mol. The van der Waals surface area contributed by atoms with E-state index in [9.17, 15) is 0 Å². The lowest BCUT2D eigenvalue weighted by molar-refractivity contribution is 1.08. The van der Waals surface area contributed by atoms with Gasteiger partial charge in [0.25, 0.3) is 0 Å². The molecule has 7 heteroatoms. The summed E-state index contributed by atoms with van der Waals surface area (Å²) in [5, 5.41) is 12.2. The van der Waals surface area contributed by atoms with Gasteiger partial charge in [0, 0.05) is 16.1 Å². The van der Waals surface area contributed by atoms with Gasteiger partial charge < -0.3 is 5.32 Å². The Labute approximate surface area is 132 Å². The van der Waals surface area contributed by atoms with Crippen LogP contribution in [0.4, 0.5) is 17.2 Å². The third kappa shape index (κ3) is 3.12. The zero-order valence-electron chi connectivity index (χ0n) is 11.8. The lowest BCUT2D eigenvalue weighted by Crippen LogP contribution is -1.96. The molecule has 0 amide bonds. The second kappa shape index (κ2) is 6.36. The highest BCUT2D eigenvalue weighted by Crippen LogP contribution is 2.26. The van der Waals surface area contributed by atoms with Gasteiger partial charge in [0.05, 0.1) is 18.3 Å². The molecule has 22 heavy (non-hydrogen) atoms. The van der Waals surface area contributed by atoms with E-state index in [0.29, 0.717) is 10.8 Å². The van der Waals surface area contributed by atoms with E-state index in [4.69, 9.17) is 11.6 Å². The van der Waals surface area contributed by atoms with Crippen LogP contribution in [-0.2, 0) is 0 Å². The molecule has 0 radical (unpaired) electrons. The summed E-state index contributed by atoms with van der Waals surface area (Å²) in [6, 6.07) is 13.2. The van der Waals surface area contributed by atoms with Crippen molar-refractivity contribution >= 4 is 39.7 Å². The molecule has 0 fully saturated rings. The van der Waals surface area contributed by atoms with Gasteiger partial charge in [0.2, 0.25) is 0 Å². The van der Waals surface area contributed by atoms with Crippen LogP contribution in [0.3, 0.4) is 0 Å². The number of hydrogen-bond acceptors (Lipinski definition) is 5. The lowest BCUT2D eigenvalue weighted by Gasteiger charge is -2.09. The summed E-state index contributed by atoms with van der Waals surface area (Å²) in [6.45, 7) is 0. The van der Waals surface area contributed by atoms with Gasteiger partial charge in [-0.05, 0) is 36.4 Å². The molecule has 3 rings (SSSR count). The molecule has 110 valence electrons. The molecule has 1 heterocycles. The molecule has 0 saturated carbocycles. The highest BCUT2D eigenvalue weighted by atomic mass is 35.5. The highest BCUT2D eigenvalue weighted by molar-refractivity contribution is 6.30. The third-order valence-corrected chi connectivity index (χ3v) is 3.24. The number of halogens is 1. The number of nitrogens with zero attached hydrogens (tertiary/aromatic N) is 4. The molecule has 0 aliphatic heterocycles. The molecule has 0 unspecified atom stereocenters. The molecule has 2 N–H and O–H groups in total. The van der Waals surface area contributed by atoms with E-state index in [0.717, 1.165) is 22.3 Å². The first-order valence-corrected chi connectivity index (χ1v) is 6.96. The fourth-order valence-corrected chi connectivity index (χ4v) is 2.23. The van der Waals surface area contributed by atoms with Crippen LogP contribution in [0.25, 0.3) is 10.9 Å². The number of rotatable bonds is 4. The Balaban J connectivity index is 2.00. The second-order valence-electron chi connectivity index (χ2n) is 4.50. The molecule has 0 spiro atoms. The molecule has 2 aromatic carbocycles. The largest absolute Gasteiger partial charge is 0.340 e. The Bertz CT molecular complexity index is 833. The maximum atomic E-state index is 6.01. The summed E-state index contributed by atoms with van der Waals surface area (Å²) in [7, 11) is 1.60. The van der Waals surface area contributed by atoms with Crippen LogP contribution in [-0.4, -0.2) is 17.0 Å². The second-order valence-corrected chi connectivity index (χ2v) is 4.94. The third-order valence-electron chi connectivity index (χ3n) is 3.00. The van der Waals surface area contributed by atoms with Crippen molar-refractivity contribution in [3.63, 3.8) is 0 Å². The lowest BCUT2D eigenvalue weighted by atomic mass is 10.2. The van der Waals surface area contributed by atoms with Gasteiger partial charge in [-0.3, -0.25) is 5.43 Å². The molecule has 3 aromatic rings. The van der Waals surface area contributed by atoms with Crippen molar-refractivity contribution in [1.82, 2.24) is 9.97 Å². The van der Waals surface area contributed by atoms with Crippen molar-refractivity contribution in [2.45, 2.75) is 0 Å². The summed E-state index contributed by atoms with van der Waals surface area (Å²) < 4.78 is 0. The van der Waals surface area contributed by atoms with Crippen molar-refractivity contribution in [3.8, 4) is 0 Å². The number of aromatic nitrogens is 2. The Kier molecular flexibility index (Phi) is 4.11. The van der Waals surface area contributed by atoms with Gasteiger partial charge in [-0.1, -0.05) is 22.9 Å². The van der Waals surface area contributed by atoms with E-state index >= 15 is 0 Å². The first-order chi connectivity index (χ1) is 10.8. The fraction of sp³-hybridized carbons (Fsp3) is 0.0667. The first-order valence-electron chi connectivity index (χ1n) is 6.58. The Hall–Kier alpha value is -2.73. The van der Waals surface area contributed by atoms with Crippen molar-refractivity contribution in [3.05, 3.63) is 53.8 Å². The van der Waals surface area contributed by atoms with Crippen LogP contribution in [0.5, 0.6) is 0 Å². The van der Waals surface area contributed by atoms with Gasteiger partial charge >= 0.3 is 0 Å². The van der Waals surface area contributed by atoms with Crippen LogP contribution in [0.2, 0.25) is 5.02 Å². The number of nitrogens with one attached hydrogen (secondary N) is 2. The number of anilines is 3. The van der Waals surface area contributed by atoms with Gasteiger partial charge in [-0.2, -0.15) is 5.11 Å². The minimum Gasteiger partial charge on any atom is -0.340 e. The Morgan fingerprint density at radius 3 is 2.77 bits per heavy atom. The van der Waals surface area contributed by atoms with Crippen LogP contribution in [0.1, 0.15) is 0 Å². The topological polar surface area (TPSA) is 74.6 Å². The predicted octanol–water partition coefficient (Wildman–Crippen LogP) is 4.44. The quantitative estimate of drug-likeness (QED) is 0.552. The minimum absolute atomic E-state index is 0.661. The normalized spacial score (nSPS) is 11.0. The van der Waals surface area contributed by atoms with Crippen molar-refractivity contribution in [1.29, 1.82) is 0 Å². The number of benzene rings is 2. The van der Waals surface area contributed by atoms with Crippen molar-refractivity contribution in [2.75, 3.05) is 17.8 Å². The zero-order chi connectivity index (χ0) is 15.4. The van der Waals surface area contributed by atoms with E-state index in [1.54, 1.807) is 7.05 Å². The zero-order valence-corrected chi connectivity index (χ0v) is 12.5. The van der Waals surface area contributed by atoms with Crippen LogP contribution in [0.15, 0.2) is 59.1 Å². The number of fused-ring (bicyclic) bond motifs is 1. The van der Waals surface area contributed by atoms with Gasteiger partial charge in [-0.25, -0.2) is 9.97 Å². The first kappa shape index (κ1) is 14.2. The maximum Gasteiger partial charge on any atom is 0.141 e. The molecule has 0 aliphatic carbocycles. The standard InChI is InChI=1S/C15H13ClN6/c1-17-22-21-12-5-6-14-13(8-12)15(19-9-18-14)20-11-4-2-3-10(16)7-11/h2-9H,1H3,(H,17,21)(H,18,19,20). The summed E-state index contributed by atoms with van der Waals surface area (Å²) >= 11 is 6.01. The SMILES string of the molecule is CN=NNc1ccc2ncnc(Nc3cccc(Cl)c3)c2c1. The maximum absolute atomic E-state index is 6.01. The summed E-state index contributed by atoms with van der Waals surface area (Å²) in [6.07, 6.45) is 1.52. The predicted molar refractivity (Wildman–Crippen MR) is 88.7 cm³/mol. The summed E-state index contributed by atoms with van der Waals surface area (Å²) in [4.78, 5) is 8.57. The van der Waals surface area contributed by atoms with Crippen molar-refractivity contribution in [2.24, 2.45) is 10.3 Å². The minimum atomic E-state index is 0.661. The molecular formula is C15H13ClN6. The smallest absolute Gasteiger partial charge is 0.141 e. The molecule has 0 saturated heterocycles. The van der Waals surface area contributed by atoms with E-state index in [1.807, 2.05) is 42.5 Å². The van der Waals surface area contributed by atoms with Crippen molar-refractivity contribution < 1.29 is 0 Å². The van der Waals surface area contributed by atoms with Gasteiger partial charge in [0.15, 0.2) is 0 Å². The average Bonchev–Trinajstić information content (AvgIpc) is 2.53. The van der Waals surface area contributed by atoms with Crippen LogP contribution < -0.4 is 10.7 Å². The summed E-state index contributed by atoms with van der Waals surface area (Å²) in [5.41, 5.74) is 5.34. The summed E-state index contributed by atoms with van der Waals surface area (Å²) in [5.74, 6) is 0.698. The van der Waals surface area contributed by atoms with E-state index in [2.05, 4.69) is 31.0 Å². The van der Waals surface area contributed by atoms with Gasteiger partial charge in [0.1, 0.15) is 12.1 Å². The van der Waals surface area contributed by atoms with Crippen LogP contribution >= 0.6 is 11.6 Å². The van der Waals surface area contributed by atoms with E-state index in [1.165, 1.54) is 6.33 Å². The Morgan fingerprint density at radius 1 is 1.05 bits per heavy atom. The molecule has 0 atom stereocenters. The highest BCUT2D eigenvalue weighted by Gasteiger charge is 2.05. The van der Waals surface area contributed by atoms with E-state index in [-0.39, 0.29) is 0 Å². The molecule has 1 aromatic heterocycles. The fourth-order valence-electron chi connectivity index (χ4n) is 2.04. The molecule has 0 aliphatic rings. The van der Waals surface area contributed by atoms with E-state index < -0.39 is 0 Å². The van der Waals surface area contributed by atoms with Crippen LogP contribution in [0, 0.1) is 0 Å². The number of hydrogen-bond donors (Lipinski definition) is 2. The molecule has 0 bridgehead atoms. The van der Waals surface area contributed by atoms with Gasteiger partial charge in [-0.15, -0.1) is 0 Å². The molecular weight excluding hydrogens is 300 g/mol. The monoisotopic (exact) mass is 312 g/mol. The Morgan fingerprint density at radius 2 is 1.95 bits per heavy atom. The molecule has 6 nitrogen and oxygen atoms in total.